The van der Waals surface area contributed by atoms with Gasteiger partial charge in [0.15, 0.2) is 5.78 Å². The van der Waals surface area contributed by atoms with E-state index in [0.717, 1.165) is 11.3 Å². The minimum Gasteiger partial charge on any atom is -0.481 e. The Bertz CT molecular complexity index is 1080. The molecule has 0 aliphatic heterocycles. The maximum absolute atomic E-state index is 13.2. The number of carboxylic acid groups (broad SMARTS) is 1. The van der Waals surface area contributed by atoms with Crippen LogP contribution in [0.1, 0.15) is 60.3 Å². The van der Waals surface area contributed by atoms with Crippen LogP contribution in [0.4, 0.5) is 0 Å². The van der Waals surface area contributed by atoms with Crippen molar-refractivity contribution in [1.82, 2.24) is 9.55 Å². The monoisotopic (exact) mass is 442 g/mol. The van der Waals surface area contributed by atoms with Gasteiger partial charge in [0.2, 0.25) is 0 Å². The van der Waals surface area contributed by atoms with Crippen LogP contribution in [0.5, 0.6) is 0 Å². The molecular formula is C24H27ClN2O4. The van der Waals surface area contributed by atoms with E-state index in [1.54, 1.807) is 19.2 Å². The maximum Gasteiger partial charge on any atom is 0.303 e. The lowest BCUT2D eigenvalue weighted by Gasteiger charge is -2.13. The van der Waals surface area contributed by atoms with Crippen molar-refractivity contribution in [2.24, 2.45) is 13.0 Å². The Hall–Kier alpha value is -2.70. The number of Topliss-reactive ketones (excluding diaryl/α,β-unsaturated/α-hetero) is 1. The van der Waals surface area contributed by atoms with Crippen LogP contribution in [0.2, 0.25) is 5.02 Å². The molecular weight excluding hydrogens is 416 g/mol. The Balaban J connectivity index is 1.85. The number of aliphatic hydroxyl groups is 1. The fourth-order valence-corrected chi connectivity index (χ4v) is 4.19. The molecule has 2 atom stereocenters. The van der Waals surface area contributed by atoms with Crippen molar-refractivity contribution >= 4 is 34.4 Å². The number of carboxylic acids is 1. The number of aromatic nitrogens is 2. The zero-order chi connectivity index (χ0) is 22.5. The molecule has 2 aromatic heterocycles. The molecule has 0 aliphatic carbocycles. The fraction of sp³-hybridized carbons (Fsp3) is 0.375. The van der Waals surface area contributed by atoms with Crippen molar-refractivity contribution in [3.8, 4) is 0 Å². The molecule has 31 heavy (non-hydrogen) atoms. The lowest BCUT2D eigenvalue weighted by atomic mass is 9.94. The number of aryl methyl sites for hydroxylation is 1. The van der Waals surface area contributed by atoms with Gasteiger partial charge in [-0.25, -0.2) is 4.98 Å². The molecule has 7 heteroatoms. The Morgan fingerprint density at radius 3 is 2.58 bits per heavy atom. The zero-order valence-corrected chi connectivity index (χ0v) is 18.5. The van der Waals surface area contributed by atoms with E-state index >= 15 is 0 Å². The summed E-state index contributed by atoms with van der Waals surface area (Å²) in [6.45, 7) is 1.76. The number of hydrogen-bond donors (Lipinski definition) is 2. The fourth-order valence-electron chi connectivity index (χ4n) is 4.03. The number of benzene rings is 1. The first-order valence-electron chi connectivity index (χ1n) is 10.4. The molecule has 1 unspecified atom stereocenters. The summed E-state index contributed by atoms with van der Waals surface area (Å²) in [5, 5.41) is 20.6. The highest BCUT2D eigenvalue weighted by molar-refractivity contribution is 6.31. The molecule has 0 spiro atoms. The molecule has 0 saturated heterocycles. The molecule has 0 aliphatic rings. The first-order valence-corrected chi connectivity index (χ1v) is 10.8. The van der Waals surface area contributed by atoms with E-state index in [1.807, 2.05) is 41.9 Å². The normalized spacial score (nSPS) is 13.3. The Morgan fingerprint density at radius 1 is 1.19 bits per heavy atom. The van der Waals surface area contributed by atoms with E-state index < -0.39 is 12.1 Å². The number of carbonyl (C=O) groups is 2. The van der Waals surface area contributed by atoms with Crippen LogP contribution in [0.25, 0.3) is 11.0 Å². The smallest absolute Gasteiger partial charge is 0.303 e. The van der Waals surface area contributed by atoms with Crippen molar-refractivity contribution < 1.29 is 19.8 Å². The summed E-state index contributed by atoms with van der Waals surface area (Å²) in [6.07, 6.45) is 2.88. The molecule has 3 aromatic rings. The highest BCUT2D eigenvalue weighted by atomic mass is 35.5. The molecule has 2 N–H and O–H groups in total. The molecule has 0 fully saturated rings. The van der Waals surface area contributed by atoms with E-state index in [-0.39, 0.29) is 24.5 Å². The number of aliphatic hydroxyl groups excluding tert-OH is 1. The lowest BCUT2D eigenvalue weighted by Crippen LogP contribution is -2.12. The van der Waals surface area contributed by atoms with E-state index in [4.69, 9.17) is 16.7 Å². The van der Waals surface area contributed by atoms with E-state index in [2.05, 4.69) is 4.98 Å². The lowest BCUT2D eigenvalue weighted by molar-refractivity contribution is -0.137. The summed E-state index contributed by atoms with van der Waals surface area (Å²) in [5.74, 6) is -1.31. The summed E-state index contributed by atoms with van der Waals surface area (Å²) in [4.78, 5) is 28.6. The van der Waals surface area contributed by atoms with Gasteiger partial charge in [-0.3, -0.25) is 9.59 Å². The largest absolute Gasteiger partial charge is 0.481 e. The van der Waals surface area contributed by atoms with Gasteiger partial charge >= 0.3 is 5.97 Å². The highest BCUT2D eigenvalue weighted by Crippen LogP contribution is 2.30. The van der Waals surface area contributed by atoms with Crippen LogP contribution in [0.3, 0.4) is 0 Å². The van der Waals surface area contributed by atoms with Crippen LogP contribution in [-0.2, 0) is 18.3 Å². The summed E-state index contributed by atoms with van der Waals surface area (Å²) in [5.41, 5.74) is 2.92. The Labute approximate surface area is 186 Å². The SMILES string of the molecule is C[C@H](CC(=O)O)CC(=O)c1c(CCCC(O)c2ccccc2)n(C)c2ncc(Cl)cc12. The summed E-state index contributed by atoms with van der Waals surface area (Å²) < 4.78 is 1.90. The maximum atomic E-state index is 13.2. The van der Waals surface area contributed by atoms with E-state index in [9.17, 15) is 14.7 Å². The van der Waals surface area contributed by atoms with E-state index in [1.165, 1.54) is 0 Å². The molecule has 0 saturated carbocycles. The van der Waals surface area contributed by atoms with Gasteiger partial charge in [-0.1, -0.05) is 48.9 Å². The van der Waals surface area contributed by atoms with Crippen molar-refractivity contribution in [1.29, 1.82) is 0 Å². The number of aliphatic carboxylic acids is 1. The summed E-state index contributed by atoms with van der Waals surface area (Å²) in [6, 6.07) is 11.2. The number of carbonyl (C=O) groups excluding carboxylic acids is 1. The second-order valence-electron chi connectivity index (χ2n) is 8.05. The highest BCUT2D eigenvalue weighted by Gasteiger charge is 2.24. The molecule has 164 valence electrons. The number of fused-ring (bicyclic) bond motifs is 1. The average Bonchev–Trinajstić information content (AvgIpc) is 2.99. The van der Waals surface area contributed by atoms with Crippen LogP contribution in [-0.4, -0.2) is 31.5 Å². The zero-order valence-electron chi connectivity index (χ0n) is 17.7. The van der Waals surface area contributed by atoms with Crippen LogP contribution in [0.15, 0.2) is 42.6 Å². The van der Waals surface area contributed by atoms with Crippen molar-refractivity contribution in [2.75, 3.05) is 0 Å². The number of rotatable bonds is 10. The number of nitrogens with zero attached hydrogens (tertiary/aromatic N) is 2. The van der Waals surface area contributed by atoms with Crippen LogP contribution < -0.4 is 0 Å². The summed E-state index contributed by atoms with van der Waals surface area (Å²) in [7, 11) is 1.86. The number of pyridine rings is 1. The van der Waals surface area contributed by atoms with E-state index in [0.29, 0.717) is 40.9 Å². The molecule has 6 nitrogen and oxygen atoms in total. The quantitative estimate of drug-likeness (QED) is 0.432. The first kappa shape index (κ1) is 23.0. The minimum absolute atomic E-state index is 0.0614. The third-order valence-corrected chi connectivity index (χ3v) is 5.73. The first-order chi connectivity index (χ1) is 14.8. The second-order valence-corrected chi connectivity index (χ2v) is 8.49. The van der Waals surface area contributed by atoms with Gasteiger partial charge in [-0.15, -0.1) is 0 Å². The third kappa shape index (κ3) is 5.51. The van der Waals surface area contributed by atoms with Crippen molar-refractivity contribution in [3.05, 3.63) is 64.4 Å². The summed E-state index contributed by atoms with van der Waals surface area (Å²) >= 11 is 6.15. The number of hydrogen-bond acceptors (Lipinski definition) is 4. The van der Waals surface area contributed by atoms with Gasteiger partial charge in [0.25, 0.3) is 0 Å². The Kier molecular flexibility index (Phi) is 7.46. The predicted molar refractivity (Wildman–Crippen MR) is 120 cm³/mol. The number of ketones is 1. The molecule has 2 heterocycles. The standard InChI is InChI=1S/C24H27ClN2O4/c1-15(12-22(30)31)11-21(29)23-18-13-17(25)14-26-24(18)27(2)19(23)9-6-10-20(28)16-7-4-3-5-8-16/h3-5,7-8,13-15,20,28H,6,9-12H2,1-2H3,(H,30,31)/t15-,20?/m0/s1. The Morgan fingerprint density at radius 2 is 1.90 bits per heavy atom. The van der Waals surface area contributed by atoms with Gasteiger partial charge in [-0.05, 0) is 36.8 Å². The molecule has 3 rings (SSSR count). The molecule has 0 bridgehead atoms. The second kappa shape index (κ2) is 10.1. The molecule has 1 aromatic carbocycles. The average molecular weight is 443 g/mol. The molecule has 0 radical (unpaired) electrons. The van der Waals surface area contributed by atoms with Crippen LogP contribution in [0, 0.1) is 5.92 Å². The molecule has 0 amide bonds. The predicted octanol–water partition coefficient (Wildman–Crippen LogP) is 4.97. The van der Waals surface area contributed by atoms with Gasteiger partial charge in [0.05, 0.1) is 11.1 Å². The van der Waals surface area contributed by atoms with Crippen molar-refractivity contribution in [3.63, 3.8) is 0 Å². The van der Waals surface area contributed by atoms with Gasteiger partial charge < -0.3 is 14.8 Å². The van der Waals surface area contributed by atoms with Gasteiger partial charge in [-0.2, -0.15) is 0 Å². The van der Waals surface area contributed by atoms with Crippen molar-refractivity contribution in [2.45, 2.75) is 45.1 Å². The third-order valence-electron chi connectivity index (χ3n) is 5.53. The topological polar surface area (TPSA) is 92.4 Å². The van der Waals surface area contributed by atoms with Gasteiger partial charge in [0, 0.05) is 42.7 Å². The van der Waals surface area contributed by atoms with Crippen LogP contribution >= 0.6 is 11.6 Å². The minimum atomic E-state index is -0.918. The number of halogens is 1. The van der Waals surface area contributed by atoms with Gasteiger partial charge in [0.1, 0.15) is 5.65 Å².